The summed E-state index contributed by atoms with van der Waals surface area (Å²) in [4.78, 5) is 11.1. The molecule has 4 aromatic rings. The van der Waals surface area contributed by atoms with Gasteiger partial charge in [-0.25, -0.2) is 4.98 Å². The third-order valence-corrected chi connectivity index (χ3v) is 7.95. The summed E-state index contributed by atoms with van der Waals surface area (Å²) in [5, 5.41) is 14.9. The molecule has 1 aliphatic rings. The normalized spacial score (nSPS) is 15.1. The molecule has 0 amide bonds. The third kappa shape index (κ3) is 5.09. The van der Waals surface area contributed by atoms with Gasteiger partial charge in [-0.3, -0.25) is 0 Å². The van der Waals surface area contributed by atoms with Crippen LogP contribution in [0.3, 0.4) is 0 Å². The minimum atomic E-state index is 0.254. The van der Waals surface area contributed by atoms with Gasteiger partial charge in [-0.1, -0.05) is 30.3 Å². The largest absolute Gasteiger partial charge is 0.508 e. The molecule has 2 N–H and O–H groups in total. The van der Waals surface area contributed by atoms with Crippen molar-refractivity contribution < 1.29 is 5.11 Å². The maximum atomic E-state index is 10.0. The number of anilines is 1. The molecule has 3 heterocycles. The summed E-state index contributed by atoms with van der Waals surface area (Å²) in [5.74, 6) is 1.13. The van der Waals surface area contributed by atoms with Crippen LogP contribution in [0, 0.1) is 6.92 Å². The van der Waals surface area contributed by atoms with Crippen molar-refractivity contribution in [3.8, 4) is 27.4 Å². The Bertz CT molecular complexity index is 1280. The van der Waals surface area contributed by atoms with Crippen LogP contribution < -0.4 is 5.32 Å². The van der Waals surface area contributed by atoms with Crippen LogP contribution in [0.5, 0.6) is 5.75 Å². The highest BCUT2D eigenvalue weighted by molar-refractivity contribution is 7.22. The Kier molecular flexibility index (Phi) is 6.81. The van der Waals surface area contributed by atoms with Crippen LogP contribution in [0.2, 0.25) is 0 Å². The Balaban J connectivity index is 1.40. The number of aryl methyl sites for hydroxylation is 1. The molecule has 5 nitrogen and oxygen atoms in total. The van der Waals surface area contributed by atoms with Crippen LogP contribution in [-0.4, -0.2) is 66.2 Å². The molecule has 5 rings (SSSR count). The van der Waals surface area contributed by atoms with E-state index in [4.69, 9.17) is 4.98 Å². The number of nitrogens with one attached hydrogen (secondary N) is 1. The van der Waals surface area contributed by atoms with Gasteiger partial charge in [0, 0.05) is 47.9 Å². The molecule has 0 bridgehead atoms. The smallest absolute Gasteiger partial charge is 0.127 e. The number of aromatic nitrogens is 1. The van der Waals surface area contributed by atoms with E-state index in [-0.39, 0.29) is 5.75 Å². The molecule has 0 atom stereocenters. The molecule has 6 heteroatoms. The van der Waals surface area contributed by atoms with Crippen LogP contribution in [0.15, 0.2) is 60.7 Å². The van der Waals surface area contributed by atoms with Crippen LogP contribution in [0.1, 0.15) is 12.0 Å². The summed E-state index contributed by atoms with van der Waals surface area (Å²) in [6.07, 6.45) is 1.08. The molecule has 2 aromatic heterocycles. The second-order valence-electron chi connectivity index (χ2n) is 9.15. The molecular formula is C28H32N4OS. The van der Waals surface area contributed by atoms with Gasteiger partial charge < -0.3 is 20.2 Å². The first-order chi connectivity index (χ1) is 16.6. The minimum Gasteiger partial charge on any atom is -0.508 e. The molecule has 0 saturated carbocycles. The first-order valence-corrected chi connectivity index (χ1v) is 12.8. The van der Waals surface area contributed by atoms with Gasteiger partial charge in [0.05, 0.1) is 5.69 Å². The van der Waals surface area contributed by atoms with Crippen molar-refractivity contribution >= 4 is 27.2 Å². The number of nitrogens with zero attached hydrogens (tertiary/aromatic N) is 3. The van der Waals surface area contributed by atoms with Crippen molar-refractivity contribution in [1.29, 1.82) is 0 Å². The van der Waals surface area contributed by atoms with Gasteiger partial charge in [-0.05, 0) is 73.8 Å². The first kappa shape index (κ1) is 22.8. The van der Waals surface area contributed by atoms with E-state index in [0.717, 1.165) is 68.3 Å². The van der Waals surface area contributed by atoms with Gasteiger partial charge >= 0.3 is 0 Å². The lowest BCUT2D eigenvalue weighted by Crippen LogP contribution is -2.44. The number of thiophene rings is 1. The molecule has 0 unspecified atom stereocenters. The van der Waals surface area contributed by atoms with Crippen molar-refractivity contribution in [3.05, 3.63) is 66.2 Å². The van der Waals surface area contributed by atoms with E-state index in [2.05, 4.69) is 65.5 Å². The van der Waals surface area contributed by atoms with E-state index in [0.29, 0.717) is 0 Å². The fraction of sp³-hybridized carbons (Fsp3) is 0.321. The number of hydrogen-bond acceptors (Lipinski definition) is 6. The molecule has 176 valence electrons. The Morgan fingerprint density at radius 1 is 0.971 bits per heavy atom. The number of benzene rings is 2. The fourth-order valence-electron chi connectivity index (χ4n) is 4.61. The number of pyridine rings is 1. The number of fused-ring (bicyclic) bond motifs is 1. The van der Waals surface area contributed by atoms with Crippen molar-refractivity contribution in [2.24, 2.45) is 0 Å². The second kappa shape index (κ2) is 10.1. The zero-order valence-corrected chi connectivity index (χ0v) is 20.7. The summed E-state index contributed by atoms with van der Waals surface area (Å²) >= 11 is 1.82. The Labute approximate surface area is 205 Å². The Morgan fingerprint density at radius 3 is 2.59 bits per heavy atom. The molecule has 34 heavy (non-hydrogen) atoms. The quantitative estimate of drug-likeness (QED) is 0.338. The van der Waals surface area contributed by atoms with Crippen LogP contribution in [-0.2, 0) is 0 Å². The van der Waals surface area contributed by atoms with Gasteiger partial charge in [0.15, 0.2) is 0 Å². The monoisotopic (exact) mass is 472 g/mol. The maximum Gasteiger partial charge on any atom is 0.127 e. The average Bonchev–Trinajstić information content (AvgIpc) is 3.19. The topological polar surface area (TPSA) is 51.6 Å². The zero-order valence-electron chi connectivity index (χ0n) is 19.9. The van der Waals surface area contributed by atoms with E-state index >= 15 is 0 Å². The van der Waals surface area contributed by atoms with E-state index < -0.39 is 0 Å². The second-order valence-corrected chi connectivity index (χ2v) is 10.2. The molecule has 0 spiro atoms. The van der Waals surface area contributed by atoms with Gasteiger partial charge in [-0.2, -0.15) is 0 Å². The van der Waals surface area contributed by atoms with Crippen molar-refractivity contribution in [2.45, 2.75) is 13.3 Å². The lowest BCUT2D eigenvalue weighted by Gasteiger charge is -2.32. The number of hydrogen-bond donors (Lipinski definition) is 2. The lowest BCUT2D eigenvalue weighted by atomic mass is 10.0. The SMILES string of the molecule is Cc1c(-c2cc(NCCCN3CCN(C)CC3)nc(-c3cccc(O)c3)c2)sc2ccccc12. The number of likely N-dealkylation sites (N-methyl/N-ethyl adjacent to an activating group) is 1. The zero-order chi connectivity index (χ0) is 23.5. The van der Waals surface area contributed by atoms with Gasteiger partial charge in [0.2, 0.25) is 0 Å². The highest BCUT2D eigenvalue weighted by Gasteiger charge is 2.15. The van der Waals surface area contributed by atoms with E-state index in [1.165, 1.54) is 20.5 Å². The Morgan fingerprint density at radius 2 is 1.79 bits per heavy atom. The number of rotatable bonds is 7. The fourth-order valence-corrected chi connectivity index (χ4v) is 5.80. The van der Waals surface area contributed by atoms with Crippen LogP contribution >= 0.6 is 11.3 Å². The number of aromatic hydroxyl groups is 1. The molecular weight excluding hydrogens is 440 g/mol. The number of piperazine rings is 1. The Hall–Kier alpha value is -2.93. The van der Waals surface area contributed by atoms with Crippen LogP contribution in [0.25, 0.3) is 31.8 Å². The first-order valence-electron chi connectivity index (χ1n) is 12.0. The van der Waals surface area contributed by atoms with Crippen molar-refractivity contribution in [1.82, 2.24) is 14.8 Å². The lowest BCUT2D eigenvalue weighted by molar-refractivity contribution is 0.154. The average molecular weight is 473 g/mol. The molecule has 2 aromatic carbocycles. The highest BCUT2D eigenvalue weighted by atomic mass is 32.1. The standard InChI is InChI=1S/C28H32N4OS/c1-20-24-9-3-4-10-26(24)34-28(20)22-18-25(21-7-5-8-23(33)17-21)30-27(19-22)29-11-6-12-32-15-13-31(2)14-16-32/h3-5,7-10,17-19,33H,6,11-16H2,1-2H3,(H,29,30). The minimum absolute atomic E-state index is 0.254. The number of phenols is 1. The van der Waals surface area contributed by atoms with Gasteiger partial charge in [0.25, 0.3) is 0 Å². The van der Waals surface area contributed by atoms with Gasteiger partial charge in [0.1, 0.15) is 11.6 Å². The molecule has 1 saturated heterocycles. The maximum absolute atomic E-state index is 10.0. The third-order valence-electron chi connectivity index (χ3n) is 6.63. The van der Waals surface area contributed by atoms with Crippen LogP contribution in [0.4, 0.5) is 5.82 Å². The van der Waals surface area contributed by atoms with E-state index in [1.54, 1.807) is 12.1 Å². The van der Waals surface area contributed by atoms with Crippen molar-refractivity contribution in [2.75, 3.05) is 51.6 Å². The molecule has 0 radical (unpaired) electrons. The number of phenolic OH excluding ortho intramolecular Hbond substituents is 1. The summed E-state index contributed by atoms with van der Waals surface area (Å²) in [7, 11) is 2.19. The summed E-state index contributed by atoms with van der Waals surface area (Å²) in [6.45, 7) is 8.79. The highest BCUT2D eigenvalue weighted by Crippen LogP contribution is 2.40. The van der Waals surface area contributed by atoms with E-state index in [9.17, 15) is 5.11 Å². The summed E-state index contributed by atoms with van der Waals surface area (Å²) in [6, 6.07) is 20.2. The molecule has 1 aliphatic heterocycles. The predicted octanol–water partition coefficient (Wildman–Crippen LogP) is 5.69. The summed E-state index contributed by atoms with van der Waals surface area (Å²) in [5.41, 5.74) is 4.25. The molecule has 1 fully saturated rings. The van der Waals surface area contributed by atoms with Crippen molar-refractivity contribution in [3.63, 3.8) is 0 Å². The molecule has 0 aliphatic carbocycles. The van der Waals surface area contributed by atoms with Gasteiger partial charge in [-0.15, -0.1) is 11.3 Å². The summed E-state index contributed by atoms with van der Waals surface area (Å²) < 4.78 is 1.30. The predicted molar refractivity (Wildman–Crippen MR) is 144 cm³/mol. The van der Waals surface area contributed by atoms with E-state index in [1.807, 2.05) is 23.5 Å².